The molecule has 0 saturated carbocycles. The number of ether oxygens (including phenoxy) is 1. The lowest BCUT2D eigenvalue weighted by Gasteiger charge is -2.37. The minimum Gasteiger partial charge on any atom is -0.368 e. The Balaban J connectivity index is 1.63. The van der Waals surface area contributed by atoms with E-state index < -0.39 is 0 Å². The van der Waals surface area contributed by atoms with Gasteiger partial charge >= 0.3 is 0 Å². The highest BCUT2D eigenvalue weighted by atomic mass is 16.5. The molecule has 2 saturated heterocycles. The average molecular weight is 346 g/mol. The summed E-state index contributed by atoms with van der Waals surface area (Å²) in [6.45, 7) is 8.39. The molecule has 3 heterocycles. The molecule has 3 rings (SSSR count). The lowest BCUT2D eigenvalue weighted by atomic mass is 9.94. The molecule has 1 atom stereocenters. The third-order valence-corrected chi connectivity index (χ3v) is 4.98. The van der Waals surface area contributed by atoms with Crippen LogP contribution in [0.3, 0.4) is 0 Å². The van der Waals surface area contributed by atoms with Crippen LogP contribution in [0.25, 0.3) is 0 Å². The highest BCUT2D eigenvalue weighted by Crippen LogP contribution is 2.25. The van der Waals surface area contributed by atoms with Gasteiger partial charge in [-0.1, -0.05) is 0 Å². The molecule has 0 bridgehead atoms. The average Bonchev–Trinajstić information content (AvgIpc) is 2.60. The summed E-state index contributed by atoms with van der Waals surface area (Å²) in [7, 11) is 0. The second-order valence-corrected chi connectivity index (χ2v) is 6.91. The lowest BCUT2D eigenvalue weighted by Crippen LogP contribution is -2.48. The van der Waals surface area contributed by atoms with E-state index in [0.29, 0.717) is 32.8 Å². The molecule has 1 aromatic heterocycles. The Morgan fingerprint density at radius 3 is 2.48 bits per heavy atom. The van der Waals surface area contributed by atoms with Gasteiger partial charge in [0.2, 0.25) is 11.8 Å². The number of carbonyl (C=O) groups is 2. The molecule has 7 heteroatoms. The second kappa shape index (κ2) is 7.47. The normalized spacial score (nSPS) is 22.1. The monoisotopic (exact) mass is 346 g/mol. The van der Waals surface area contributed by atoms with Crippen LogP contribution in [0.15, 0.2) is 6.07 Å². The number of hydrogen-bond acceptors (Lipinski definition) is 5. The summed E-state index contributed by atoms with van der Waals surface area (Å²) < 4.78 is 5.85. The van der Waals surface area contributed by atoms with Gasteiger partial charge in [-0.05, 0) is 32.8 Å². The molecule has 2 amide bonds. The summed E-state index contributed by atoms with van der Waals surface area (Å²) in [5.41, 5.74) is 1.75. The van der Waals surface area contributed by atoms with Crippen LogP contribution in [0.5, 0.6) is 0 Å². The maximum absolute atomic E-state index is 12.9. The molecule has 25 heavy (non-hydrogen) atoms. The fourth-order valence-electron chi connectivity index (χ4n) is 3.64. The van der Waals surface area contributed by atoms with E-state index in [9.17, 15) is 9.59 Å². The van der Waals surface area contributed by atoms with E-state index in [0.717, 1.165) is 30.1 Å². The van der Waals surface area contributed by atoms with Gasteiger partial charge in [-0.3, -0.25) is 9.59 Å². The summed E-state index contributed by atoms with van der Waals surface area (Å²) in [5, 5.41) is 0. The first-order valence-corrected chi connectivity index (χ1v) is 8.92. The van der Waals surface area contributed by atoms with Crippen LogP contribution < -0.4 is 0 Å². The predicted octanol–water partition coefficient (Wildman–Crippen LogP) is 1.25. The molecule has 0 aliphatic carbocycles. The zero-order valence-electron chi connectivity index (χ0n) is 15.2. The predicted molar refractivity (Wildman–Crippen MR) is 91.8 cm³/mol. The molecule has 0 aromatic carbocycles. The fraction of sp³-hybridized carbons (Fsp3) is 0.667. The van der Waals surface area contributed by atoms with Crippen molar-refractivity contribution in [3.8, 4) is 0 Å². The molecule has 2 fully saturated rings. The van der Waals surface area contributed by atoms with Crippen LogP contribution >= 0.6 is 0 Å². The van der Waals surface area contributed by atoms with Crippen molar-refractivity contribution in [2.75, 3.05) is 32.8 Å². The van der Waals surface area contributed by atoms with Gasteiger partial charge in [-0.25, -0.2) is 9.97 Å². The highest BCUT2D eigenvalue weighted by Gasteiger charge is 2.33. The second-order valence-electron chi connectivity index (χ2n) is 6.91. The maximum atomic E-state index is 12.9. The topological polar surface area (TPSA) is 75.6 Å². The lowest BCUT2D eigenvalue weighted by molar-refractivity contribution is -0.146. The van der Waals surface area contributed by atoms with E-state index in [-0.39, 0.29) is 23.8 Å². The number of rotatable bonds is 2. The Bertz CT molecular complexity index is 635. The van der Waals surface area contributed by atoms with Crippen molar-refractivity contribution < 1.29 is 14.3 Å². The van der Waals surface area contributed by atoms with Gasteiger partial charge in [0, 0.05) is 38.2 Å². The fourth-order valence-corrected chi connectivity index (χ4v) is 3.64. The van der Waals surface area contributed by atoms with Gasteiger partial charge in [0.25, 0.3) is 0 Å². The minimum absolute atomic E-state index is 0.00298. The SMILES string of the molecule is CC(=O)N1CCC(C(=O)N2CCO[C@@H](c3cc(C)nc(C)n3)C2)CC1. The number of piperidine rings is 1. The van der Waals surface area contributed by atoms with Crippen molar-refractivity contribution in [1.82, 2.24) is 19.8 Å². The van der Waals surface area contributed by atoms with Gasteiger partial charge < -0.3 is 14.5 Å². The van der Waals surface area contributed by atoms with E-state index in [2.05, 4.69) is 9.97 Å². The van der Waals surface area contributed by atoms with Crippen molar-refractivity contribution in [2.45, 2.75) is 39.7 Å². The molecule has 0 unspecified atom stereocenters. The van der Waals surface area contributed by atoms with Crippen molar-refractivity contribution in [1.29, 1.82) is 0 Å². The van der Waals surface area contributed by atoms with Crippen LogP contribution in [0.4, 0.5) is 0 Å². The van der Waals surface area contributed by atoms with E-state index in [4.69, 9.17) is 4.74 Å². The summed E-state index contributed by atoms with van der Waals surface area (Å²) in [6.07, 6.45) is 1.29. The number of likely N-dealkylation sites (tertiary alicyclic amines) is 1. The third kappa shape index (κ3) is 4.15. The molecule has 0 N–H and O–H groups in total. The van der Waals surface area contributed by atoms with Gasteiger partial charge in [0.05, 0.1) is 18.8 Å². The summed E-state index contributed by atoms with van der Waals surface area (Å²) >= 11 is 0. The van der Waals surface area contributed by atoms with E-state index in [1.54, 1.807) is 6.92 Å². The molecule has 2 aliphatic rings. The van der Waals surface area contributed by atoms with Gasteiger partial charge in [-0.15, -0.1) is 0 Å². The van der Waals surface area contributed by atoms with Gasteiger partial charge in [-0.2, -0.15) is 0 Å². The van der Waals surface area contributed by atoms with Crippen molar-refractivity contribution in [3.63, 3.8) is 0 Å². The zero-order chi connectivity index (χ0) is 18.0. The quantitative estimate of drug-likeness (QED) is 0.806. The first-order valence-electron chi connectivity index (χ1n) is 8.92. The molecular weight excluding hydrogens is 320 g/mol. The molecule has 0 radical (unpaired) electrons. The molecular formula is C18H26N4O3. The Morgan fingerprint density at radius 2 is 1.84 bits per heavy atom. The van der Waals surface area contributed by atoms with Crippen LogP contribution in [-0.4, -0.2) is 64.4 Å². The number of carbonyl (C=O) groups excluding carboxylic acids is 2. The van der Waals surface area contributed by atoms with Crippen molar-refractivity contribution in [3.05, 3.63) is 23.3 Å². The minimum atomic E-state index is -0.199. The summed E-state index contributed by atoms with van der Waals surface area (Å²) in [6, 6.07) is 1.93. The summed E-state index contributed by atoms with van der Waals surface area (Å²) in [5.74, 6) is 0.993. The third-order valence-electron chi connectivity index (χ3n) is 4.98. The number of aromatic nitrogens is 2. The van der Waals surface area contributed by atoms with Crippen LogP contribution in [0, 0.1) is 19.8 Å². The standard InChI is InChI=1S/C18H26N4O3/c1-12-10-16(20-13(2)19-12)17-11-22(8-9-25-17)18(24)15-4-6-21(7-5-15)14(3)23/h10,15,17H,4-9,11H2,1-3H3/t17-/m1/s1. The first-order chi connectivity index (χ1) is 11.9. The Morgan fingerprint density at radius 1 is 1.12 bits per heavy atom. The van der Waals surface area contributed by atoms with Crippen molar-refractivity contribution in [2.24, 2.45) is 5.92 Å². The molecule has 2 aliphatic heterocycles. The van der Waals surface area contributed by atoms with Crippen molar-refractivity contribution >= 4 is 11.8 Å². The highest BCUT2D eigenvalue weighted by molar-refractivity contribution is 5.80. The van der Waals surface area contributed by atoms with Gasteiger partial charge in [0.1, 0.15) is 11.9 Å². The van der Waals surface area contributed by atoms with E-state index in [1.807, 2.05) is 29.7 Å². The van der Waals surface area contributed by atoms with E-state index in [1.165, 1.54) is 0 Å². The van der Waals surface area contributed by atoms with E-state index >= 15 is 0 Å². The number of aryl methyl sites for hydroxylation is 2. The van der Waals surface area contributed by atoms with Gasteiger partial charge in [0.15, 0.2) is 0 Å². The number of nitrogens with zero attached hydrogens (tertiary/aromatic N) is 4. The molecule has 136 valence electrons. The Labute approximate surface area is 148 Å². The first kappa shape index (κ1) is 17.8. The van der Waals surface area contributed by atoms with Crippen LogP contribution in [0.2, 0.25) is 0 Å². The number of hydrogen-bond donors (Lipinski definition) is 0. The van der Waals surface area contributed by atoms with Crippen LogP contribution in [0.1, 0.15) is 43.1 Å². The summed E-state index contributed by atoms with van der Waals surface area (Å²) in [4.78, 5) is 36.8. The Hall–Kier alpha value is -2.02. The molecule has 0 spiro atoms. The number of amides is 2. The Kier molecular flexibility index (Phi) is 5.32. The maximum Gasteiger partial charge on any atom is 0.225 e. The van der Waals surface area contributed by atoms with Crippen LogP contribution in [-0.2, 0) is 14.3 Å². The number of morpholine rings is 1. The largest absolute Gasteiger partial charge is 0.368 e. The molecule has 1 aromatic rings. The molecule has 7 nitrogen and oxygen atoms in total. The smallest absolute Gasteiger partial charge is 0.225 e. The zero-order valence-corrected chi connectivity index (χ0v) is 15.2.